The third kappa shape index (κ3) is 14500. The van der Waals surface area contributed by atoms with Gasteiger partial charge in [0.15, 0.2) is 0 Å². The molecule has 0 atom stereocenters. The van der Waals surface area contributed by atoms with E-state index in [0.717, 1.165) is 0 Å². The van der Waals surface area contributed by atoms with Crippen LogP contribution in [-0.2, 0) is 0 Å². The Morgan fingerprint density at radius 2 is 0.647 bits per heavy atom. The van der Waals surface area contributed by atoms with E-state index in [2.05, 4.69) is 50.5 Å². The van der Waals surface area contributed by atoms with Crippen molar-refractivity contribution in [2.45, 2.75) is 62.3 Å². The van der Waals surface area contributed by atoms with Crippen LogP contribution in [0.1, 0.15) is 62.3 Å². The fourth-order valence-electron chi connectivity index (χ4n) is 0. The molecule has 0 unspecified atom stereocenters. The predicted molar refractivity (Wildman–Crippen MR) is 90.2 cm³/mol. The van der Waals surface area contributed by atoms with Crippen molar-refractivity contribution in [2.75, 3.05) is 0 Å². The lowest BCUT2D eigenvalue weighted by molar-refractivity contribution is 1.50. The van der Waals surface area contributed by atoms with Crippen molar-refractivity contribution in [1.29, 1.82) is 0 Å². The molecule has 0 rings (SSSR count). The first-order valence-corrected chi connectivity index (χ1v) is 6.04. The zero-order chi connectivity index (χ0) is 16.1. The van der Waals surface area contributed by atoms with E-state index in [4.69, 9.17) is 0 Å². The van der Waals surface area contributed by atoms with Gasteiger partial charge in [-0.15, -0.1) is 50.5 Å². The maximum Gasteiger partial charge on any atom is -0.00271 e. The fraction of sp³-hybridized carbons (Fsp3) is 0.529. The van der Waals surface area contributed by atoms with Crippen molar-refractivity contribution in [1.82, 2.24) is 0 Å². The minimum absolute atomic E-state index is 1.65. The second-order valence-corrected chi connectivity index (χ2v) is 0.789. The van der Waals surface area contributed by atoms with Crippen LogP contribution in [0.25, 0.3) is 0 Å². The summed E-state index contributed by atoms with van der Waals surface area (Å²) in [6, 6.07) is 0. The van der Waals surface area contributed by atoms with Gasteiger partial charge in [0.2, 0.25) is 0 Å². The lowest BCUT2D eigenvalue weighted by Crippen LogP contribution is -1.28. The second kappa shape index (κ2) is 1050. The Morgan fingerprint density at radius 3 is 0.647 bits per heavy atom. The Hall–Kier alpha value is -1.40. The number of hydrogen-bond donors (Lipinski definition) is 0. The van der Waals surface area contributed by atoms with Gasteiger partial charge in [0.05, 0.1) is 0 Å². The van der Waals surface area contributed by atoms with E-state index < -0.39 is 0 Å². The van der Waals surface area contributed by atoms with Crippen LogP contribution >= 0.6 is 0 Å². The number of rotatable bonds is 0. The molecule has 0 N–H and O–H groups in total. The molecule has 17 heavy (non-hydrogen) atoms. The molecule has 0 saturated heterocycles. The number of terminal acetylenes is 1. The van der Waals surface area contributed by atoms with Gasteiger partial charge in [0.25, 0.3) is 0 Å². The average molecular weight is 240 g/mol. The molecule has 0 aliphatic carbocycles. The summed E-state index contributed by atoms with van der Waals surface area (Å²) >= 11 is 0. The largest absolute Gasteiger partial charge is 0.120 e. The van der Waals surface area contributed by atoms with Gasteiger partial charge in [0.1, 0.15) is 0 Å². The Balaban J connectivity index is -0.0000000141. The monoisotopic (exact) mass is 240 g/mol. The van der Waals surface area contributed by atoms with Gasteiger partial charge in [-0.05, 0) is 20.8 Å². The van der Waals surface area contributed by atoms with Crippen molar-refractivity contribution in [3.05, 3.63) is 26.3 Å². The van der Waals surface area contributed by atoms with Crippen LogP contribution in [0.4, 0.5) is 0 Å². The lowest BCUT2D eigenvalue weighted by atomic mass is 10.7. The first-order valence-electron chi connectivity index (χ1n) is 6.04. The Bertz CT molecular complexity index is 107. The third-order valence-corrected chi connectivity index (χ3v) is 0.250. The minimum Gasteiger partial charge on any atom is -0.120 e. The number of hydrogen-bond acceptors (Lipinski definition) is 0. The normalized spacial score (nSPS) is 2.82. The Morgan fingerprint density at radius 1 is 0.588 bits per heavy atom. The molecule has 0 spiro atoms. The molecule has 0 heterocycles. The summed E-state index contributed by atoms with van der Waals surface area (Å²) in [7, 11) is 0. The standard InChI is InChI=1S/C4H6.C3H4.3C2H6.2C2H4/c1-3-4-2;1-3-2;5*1-2/h1-2H3;1H,2H3;3*1-2H3;2*1-2H2. The minimum atomic E-state index is 1.65. The van der Waals surface area contributed by atoms with Crippen molar-refractivity contribution < 1.29 is 0 Å². The highest BCUT2D eigenvalue weighted by Crippen LogP contribution is 1.39. The van der Waals surface area contributed by atoms with Gasteiger partial charge in [-0.2, -0.15) is 0 Å². The molecule has 0 fully saturated rings. The molecule has 0 radical (unpaired) electrons. The SMILES string of the molecule is C#CC.C=C.C=C.CC.CC.CC.CC#CC. The van der Waals surface area contributed by atoms with Crippen molar-refractivity contribution in [3.8, 4) is 24.2 Å². The summed E-state index contributed by atoms with van der Waals surface area (Å²) in [5, 5.41) is 0. The van der Waals surface area contributed by atoms with E-state index in [9.17, 15) is 0 Å². The second-order valence-electron chi connectivity index (χ2n) is 0.789. The Kier molecular flexibility index (Phi) is 2790. The van der Waals surface area contributed by atoms with Crippen LogP contribution < -0.4 is 0 Å². The van der Waals surface area contributed by atoms with Crippen molar-refractivity contribution in [3.63, 3.8) is 0 Å². The molecular formula is C17H36. The molecule has 0 aromatic rings. The van der Waals surface area contributed by atoms with Gasteiger partial charge in [-0.1, -0.05) is 41.5 Å². The van der Waals surface area contributed by atoms with E-state index in [1.807, 2.05) is 55.4 Å². The van der Waals surface area contributed by atoms with Crippen LogP contribution in [0.5, 0.6) is 0 Å². The highest BCUT2D eigenvalue weighted by molar-refractivity contribution is 4.89. The summed E-state index contributed by atoms with van der Waals surface area (Å²) < 4.78 is 0. The van der Waals surface area contributed by atoms with Gasteiger partial charge >= 0.3 is 0 Å². The van der Waals surface area contributed by atoms with E-state index in [0.29, 0.717) is 0 Å². The van der Waals surface area contributed by atoms with Gasteiger partial charge < -0.3 is 0 Å². The van der Waals surface area contributed by atoms with E-state index >= 15 is 0 Å². The van der Waals surface area contributed by atoms with Crippen LogP contribution in [-0.4, -0.2) is 0 Å². The molecule has 0 aliphatic rings. The summed E-state index contributed by atoms with van der Waals surface area (Å²) in [4.78, 5) is 0. The lowest BCUT2D eigenvalue weighted by Gasteiger charge is -1.40. The highest BCUT2D eigenvalue weighted by Gasteiger charge is 1.26. The third-order valence-electron chi connectivity index (χ3n) is 0.250. The molecule has 0 aliphatic heterocycles. The van der Waals surface area contributed by atoms with E-state index in [1.165, 1.54) is 0 Å². The molecule has 0 bridgehead atoms. The van der Waals surface area contributed by atoms with Gasteiger partial charge in [0, 0.05) is 0 Å². The summed E-state index contributed by atoms with van der Waals surface area (Å²) in [6.07, 6.45) is 4.60. The Labute approximate surface area is 113 Å². The molecule has 104 valence electrons. The van der Waals surface area contributed by atoms with Gasteiger partial charge in [-0.25, -0.2) is 0 Å². The van der Waals surface area contributed by atoms with E-state index in [1.54, 1.807) is 6.92 Å². The van der Waals surface area contributed by atoms with Crippen LogP contribution in [0.15, 0.2) is 26.3 Å². The zero-order valence-electron chi connectivity index (χ0n) is 13.9. The maximum atomic E-state index is 4.60. The first-order chi connectivity index (χ1) is 8.33. The fourth-order valence-corrected chi connectivity index (χ4v) is 0. The summed E-state index contributed by atoms with van der Waals surface area (Å²) in [6.45, 7) is 29.3. The molecule has 0 aromatic carbocycles. The summed E-state index contributed by atoms with van der Waals surface area (Å²) in [5.41, 5.74) is 0. The maximum absolute atomic E-state index is 4.60. The average Bonchev–Trinajstić information content (AvgIpc) is 2.50. The van der Waals surface area contributed by atoms with Gasteiger partial charge in [-0.3, -0.25) is 0 Å². The predicted octanol–water partition coefficient (Wildman–Crippen LogP) is 6.35. The van der Waals surface area contributed by atoms with E-state index in [-0.39, 0.29) is 0 Å². The molecule has 0 aromatic heterocycles. The highest BCUT2D eigenvalue weighted by atomic mass is 13.3. The quantitative estimate of drug-likeness (QED) is 0.342. The molecule has 0 saturated carbocycles. The van der Waals surface area contributed by atoms with Crippen molar-refractivity contribution in [2.24, 2.45) is 0 Å². The smallest absolute Gasteiger partial charge is 0.00271 e. The topological polar surface area (TPSA) is 0 Å². The zero-order valence-corrected chi connectivity index (χ0v) is 13.9. The molecule has 0 nitrogen and oxygen atoms in total. The van der Waals surface area contributed by atoms with Crippen LogP contribution in [0, 0.1) is 24.2 Å². The first kappa shape index (κ1) is 45.0. The molecular weight excluding hydrogens is 204 g/mol. The van der Waals surface area contributed by atoms with Crippen molar-refractivity contribution >= 4 is 0 Å². The van der Waals surface area contributed by atoms with Crippen LogP contribution in [0.3, 0.4) is 0 Å². The molecule has 0 amide bonds. The molecule has 0 heteroatoms. The van der Waals surface area contributed by atoms with Crippen LogP contribution in [0.2, 0.25) is 0 Å². The summed E-state index contributed by atoms with van der Waals surface area (Å²) in [5.74, 6) is 7.61.